The molecule has 0 saturated heterocycles. The summed E-state index contributed by atoms with van der Waals surface area (Å²) in [6.45, 7) is 7.39. The molecule has 0 bridgehead atoms. The summed E-state index contributed by atoms with van der Waals surface area (Å²) in [5.41, 5.74) is 0. The highest BCUT2D eigenvalue weighted by atomic mass is 16.7. The molecule has 0 aliphatic heterocycles. The van der Waals surface area contributed by atoms with E-state index in [-0.39, 0.29) is 6.10 Å². The van der Waals surface area contributed by atoms with Gasteiger partial charge in [0.25, 0.3) is 6.47 Å². The molecule has 1 radical (unpaired) electrons. The molecule has 0 aromatic heterocycles. The Labute approximate surface area is 55.0 Å². The zero-order valence-corrected chi connectivity index (χ0v) is 5.66. The molecule has 0 aromatic rings. The maximum atomic E-state index is 9.65. The van der Waals surface area contributed by atoms with Gasteiger partial charge in [-0.2, -0.15) is 0 Å². The van der Waals surface area contributed by atoms with Crippen LogP contribution in [-0.2, 0) is 14.3 Å². The van der Waals surface area contributed by atoms with Crippen LogP contribution in [0.5, 0.6) is 0 Å². The van der Waals surface area contributed by atoms with E-state index in [2.05, 4.69) is 11.7 Å². The van der Waals surface area contributed by atoms with E-state index in [0.29, 0.717) is 6.47 Å². The Morgan fingerprint density at radius 2 is 2.11 bits per heavy atom. The fourth-order valence-electron chi connectivity index (χ4n) is 0.398. The van der Waals surface area contributed by atoms with Crippen molar-refractivity contribution >= 4 is 6.47 Å². The number of hydrogen-bond donors (Lipinski definition) is 0. The lowest BCUT2D eigenvalue weighted by molar-refractivity contribution is -0.160. The predicted octanol–water partition coefficient (Wildman–Crippen LogP) is 0.745. The van der Waals surface area contributed by atoms with Crippen LogP contribution in [0.4, 0.5) is 0 Å². The lowest BCUT2D eigenvalue weighted by Gasteiger charge is -2.12. The first-order valence-corrected chi connectivity index (χ1v) is 2.74. The minimum Gasteiger partial charge on any atom is -0.438 e. The smallest absolute Gasteiger partial charge is 0.295 e. The summed E-state index contributed by atoms with van der Waals surface area (Å²) < 4.78 is 9.26. The van der Waals surface area contributed by atoms with Gasteiger partial charge in [-0.05, 0) is 13.8 Å². The van der Waals surface area contributed by atoms with E-state index >= 15 is 0 Å². The normalized spacial score (nSPS) is 13.3. The van der Waals surface area contributed by atoms with Crippen LogP contribution in [0.25, 0.3) is 0 Å². The molecular formula is C6H11O3. The minimum absolute atomic E-state index is 0.0347. The Kier molecular flexibility index (Phi) is 4.05. The molecule has 1 unspecified atom stereocenters. The van der Waals surface area contributed by atoms with Gasteiger partial charge in [0.15, 0.2) is 0 Å². The van der Waals surface area contributed by atoms with Gasteiger partial charge in [-0.1, -0.05) is 0 Å². The van der Waals surface area contributed by atoms with Crippen molar-refractivity contribution in [1.82, 2.24) is 0 Å². The van der Waals surface area contributed by atoms with Crippen LogP contribution in [0.1, 0.15) is 13.8 Å². The molecule has 3 heteroatoms. The topological polar surface area (TPSA) is 35.5 Å². The fourth-order valence-corrected chi connectivity index (χ4v) is 0.398. The number of carbonyl (C=O) groups is 1. The number of ether oxygens (including phenoxy) is 2. The fraction of sp³-hybridized carbons (Fsp3) is 0.667. The van der Waals surface area contributed by atoms with Crippen molar-refractivity contribution in [1.29, 1.82) is 0 Å². The molecule has 0 aliphatic rings. The van der Waals surface area contributed by atoms with Crippen LogP contribution in [0, 0.1) is 6.92 Å². The van der Waals surface area contributed by atoms with Crippen LogP contribution in [0.3, 0.4) is 0 Å². The summed E-state index contributed by atoms with van der Waals surface area (Å²) in [5.74, 6) is 0. The van der Waals surface area contributed by atoms with Crippen molar-refractivity contribution in [2.45, 2.75) is 26.2 Å². The highest BCUT2D eigenvalue weighted by Crippen LogP contribution is 1.95. The first-order valence-electron chi connectivity index (χ1n) is 2.74. The predicted molar refractivity (Wildman–Crippen MR) is 32.5 cm³/mol. The molecule has 53 valence electrons. The van der Waals surface area contributed by atoms with Gasteiger partial charge in [0.05, 0.1) is 6.10 Å². The van der Waals surface area contributed by atoms with Gasteiger partial charge >= 0.3 is 0 Å². The monoisotopic (exact) mass is 131 g/mol. The Balaban J connectivity index is 3.25. The summed E-state index contributed by atoms with van der Waals surface area (Å²) in [5, 5.41) is 0. The van der Waals surface area contributed by atoms with Crippen molar-refractivity contribution < 1.29 is 14.3 Å². The van der Waals surface area contributed by atoms with E-state index in [1.165, 1.54) is 0 Å². The Hall–Kier alpha value is -0.570. The van der Waals surface area contributed by atoms with Crippen molar-refractivity contribution in [2.75, 3.05) is 0 Å². The SMILES string of the molecule is [CH2]C(OC=O)OC(C)C. The molecule has 0 aromatic carbocycles. The van der Waals surface area contributed by atoms with E-state index in [1.54, 1.807) is 0 Å². The van der Waals surface area contributed by atoms with Crippen LogP contribution in [0.15, 0.2) is 0 Å². The molecule has 9 heavy (non-hydrogen) atoms. The van der Waals surface area contributed by atoms with Crippen LogP contribution < -0.4 is 0 Å². The van der Waals surface area contributed by atoms with Gasteiger partial charge in [-0.3, -0.25) is 4.79 Å². The summed E-state index contributed by atoms with van der Waals surface area (Å²) in [7, 11) is 0. The van der Waals surface area contributed by atoms with Crippen molar-refractivity contribution in [3.8, 4) is 0 Å². The first-order chi connectivity index (χ1) is 4.16. The summed E-state index contributed by atoms with van der Waals surface area (Å²) in [6.07, 6.45) is -0.644. The third-order valence-corrected chi connectivity index (χ3v) is 0.631. The zero-order chi connectivity index (χ0) is 7.28. The highest BCUT2D eigenvalue weighted by molar-refractivity contribution is 5.37. The number of rotatable bonds is 4. The van der Waals surface area contributed by atoms with E-state index in [9.17, 15) is 4.79 Å². The van der Waals surface area contributed by atoms with Gasteiger partial charge in [0.1, 0.15) is 0 Å². The average Bonchev–Trinajstić information content (AvgIpc) is 1.63. The second-order valence-corrected chi connectivity index (χ2v) is 1.85. The third kappa shape index (κ3) is 5.30. The van der Waals surface area contributed by atoms with Gasteiger partial charge in [0, 0.05) is 6.92 Å². The minimum atomic E-state index is -0.678. The zero-order valence-electron chi connectivity index (χ0n) is 5.66. The molecule has 0 saturated carbocycles. The molecule has 0 rings (SSSR count). The van der Waals surface area contributed by atoms with E-state index in [0.717, 1.165) is 0 Å². The summed E-state index contributed by atoms with van der Waals surface area (Å²) >= 11 is 0. The van der Waals surface area contributed by atoms with Crippen molar-refractivity contribution in [3.05, 3.63) is 6.92 Å². The lowest BCUT2D eigenvalue weighted by atomic mass is 10.5. The molecule has 1 atom stereocenters. The Morgan fingerprint density at radius 3 is 2.44 bits per heavy atom. The van der Waals surface area contributed by atoms with E-state index < -0.39 is 6.29 Å². The third-order valence-electron chi connectivity index (χ3n) is 0.631. The Bertz CT molecular complexity index is 80.4. The molecule has 0 spiro atoms. The quantitative estimate of drug-likeness (QED) is 0.417. The van der Waals surface area contributed by atoms with Crippen LogP contribution >= 0.6 is 0 Å². The second-order valence-electron chi connectivity index (χ2n) is 1.85. The van der Waals surface area contributed by atoms with Gasteiger partial charge in [-0.15, -0.1) is 0 Å². The molecule has 0 aliphatic carbocycles. The van der Waals surface area contributed by atoms with E-state index in [4.69, 9.17) is 4.74 Å². The molecule has 0 fully saturated rings. The largest absolute Gasteiger partial charge is 0.438 e. The maximum Gasteiger partial charge on any atom is 0.295 e. The molecule has 0 amide bonds. The standard InChI is InChI=1S/C6H11O3/c1-5(2)9-6(3)8-4-7/h4-6H,3H2,1-2H3. The first kappa shape index (κ1) is 8.43. The van der Waals surface area contributed by atoms with E-state index in [1.807, 2.05) is 13.8 Å². The molecule has 3 nitrogen and oxygen atoms in total. The van der Waals surface area contributed by atoms with Crippen molar-refractivity contribution in [2.24, 2.45) is 0 Å². The number of hydrogen-bond acceptors (Lipinski definition) is 3. The summed E-state index contributed by atoms with van der Waals surface area (Å²) in [4.78, 5) is 9.65. The second kappa shape index (κ2) is 4.32. The van der Waals surface area contributed by atoms with Crippen LogP contribution in [-0.4, -0.2) is 18.9 Å². The van der Waals surface area contributed by atoms with Crippen LogP contribution in [0.2, 0.25) is 0 Å². The maximum absolute atomic E-state index is 9.65. The number of carbonyl (C=O) groups excluding carboxylic acids is 1. The van der Waals surface area contributed by atoms with Gasteiger partial charge in [-0.25, -0.2) is 0 Å². The van der Waals surface area contributed by atoms with Crippen molar-refractivity contribution in [3.63, 3.8) is 0 Å². The van der Waals surface area contributed by atoms with Gasteiger partial charge in [0.2, 0.25) is 6.29 Å². The Morgan fingerprint density at radius 1 is 1.56 bits per heavy atom. The summed E-state index contributed by atoms with van der Waals surface area (Å²) in [6, 6.07) is 0. The van der Waals surface area contributed by atoms with Gasteiger partial charge < -0.3 is 9.47 Å². The highest BCUT2D eigenvalue weighted by Gasteiger charge is 2.02. The molecule has 0 heterocycles. The lowest BCUT2D eigenvalue weighted by Crippen LogP contribution is -2.17. The average molecular weight is 131 g/mol. The molecule has 0 N–H and O–H groups in total. The molecular weight excluding hydrogens is 120 g/mol.